The van der Waals surface area contributed by atoms with Crippen molar-refractivity contribution in [1.82, 2.24) is 0 Å². The minimum atomic E-state index is -0.357. The first kappa shape index (κ1) is 18.9. The number of rotatable bonds is 10. The van der Waals surface area contributed by atoms with Gasteiger partial charge in [0.15, 0.2) is 5.78 Å². The third-order valence-corrected chi connectivity index (χ3v) is 3.76. The number of ether oxygens (including phenoxy) is 1. The van der Waals surface area contributed by atoms with E-state index in [0.717, 1.165) is 37.0 Å². The number of ketones is 1. The standard InChI is InChI=1S/C21H23FO3/c22-19-10-8-18(9-11-19)21(24)14-7-17-5-12-20(13-6-17)25-16-4-2-1-3-15-23/h5-14,23H,1-4,15-16H2/b14-7+. The molecule has 132 valence electrons. The van der Waals surface area contributed by atoms with Crippen LogP contribution in [0.2, 0.25) is 0 Å². The van der Waals surface area contributed by atoms with Crippen LogP contribution in [0.3, 0.4) is 0 Å². The fourth-order valence-corrected chi connectivity index (χ4v) is 2.31. The summed E-state index contributed by atoms with van der Waals surface area (Å²) in [6, 6.07) is 13.0. The van der Waals surface area contributed by atoms with Gasteiger partial charge in [0, 0.05) is 12.2 Å². The summed E-state index contributed by atoms with van der Waals surface area (Å²) in [5.74, 6) is 0.275. The molecule has 0 spiro atoms. The molecule has 0 aliphatic heterocycles. The van der Waals surface area contributed by atoms with Crippen molar-refractivity contribution < 1.29 is 19.0 Å². The summed E-state index contributed by atoms with van der Waals surface area (Å²) in [5.41, 5.74) is 1.35. The molecule has 0 aliphatic carbocycles. The molecule has 0 radical (unpaired) electrons. The molecule has 0 atom stereocenters. The maximum atomic E-state index is 12.9. The normalized spacial score (nSPS) is 11.0. The number of carbonyl (C=O) groups is 1. The van der Waals surface area contributed by atoms with E-state index < -0.39 is 0 Å². The molecule has 0 amide bonds. The summed E-state index contributed by atoms with van der Waals surface area (Å²) in [5, 5.41) is 8.71. The lowest BCUT2D eigenvalue weighted by atomic mass is 10.1. The van der Waals surface area contributed by atoms with Crippen LogP contribution in [0, 0.1) is 5.82 Å². The molecular weight excluding hydrogens is 319 g/mol. The summed E-state index contributed by atoms with van der Waals surface area (Å²) in [6.45, 7) is 0.906. The highest BCUT2D eigenvalue weighted by atomic mass is 19.1. The maximum absolute atomic E-state index is 12.9. The number of aliphatic hydroxyl groups excluding tert-OH is 1. The van der Waals surface area contributed by atoms with Gasteiger partial charge in [0.25, 0.3) is 0 Å². The van der Waals surface area contributed by atoms with Crippen molar-refractivity contribution in [2.24, 2.45) is 0 Å². The molecule has 0 saturated heterocycles. The predicted octanol–water partition coefficient (Wildman–Crippen LogP) is 4.65. The average Bonchev–Trinajstić information content (AvgIpc) is 2.64. The van der Waals surface area contributed by atoms with E-state index in [1.165, 1.54) is 30.3 Å². The third kappa shape index (κ3) is 6.89. The van der Waals surface area contributed by atoms with Crippen molar-refractivity contribution in [1.29, 1.82) is 0 Å². The van der Waals surface area contributed by atoms with Gasteiger partial charge >= 0.3 is 0 Å². The van der Waals surface area contributed by atoms with E-state index in [4.69, 9.17) is 9.84 Å². The van der Waals surface area contributed by atoms with Gasteiger partial charge in [-0.05, 0) is 67.3 Å². The minimum Gasteiger partial charge on any atom is -0.494 e. The Morgan fingerprint density at radius 3 is 2.32 bits per heavy atom. The summed E-state index contributed by atoms with van der Waals surface area (Å²) >= 11 is 0. The maximum Gasteiger partial charge on any atom is 0.185 e. The lowest BCUT2D eigenvalue weighted by molar-refractivity contribution is 0.104. The lowest BCUT2D eigenvalue weighted by Gasteiger charge is -2.06. The van der Waals surface area contributed by atoms with E-state index in [9.17, 15) is 9.18 Å². The first-order chi connectivity index (χ1) is 12.2. The Morgan fingerprint density at radius 2 is 1.64 bits per heavy atom. The molecule has 0 saturated carbocycles. The van der Waals surface area contributed by atoms with Gasteiger partial charge in [0.2, 0.25) is 0 Å². The van der Waals surface area contributed by atoms with Crippen LogP contribution in [0.1, 0.15) is 41.6 Å². The van der Waals surface area contributed by atoms with Crippen molar-refractivity contribution in [3.63, 3.8) is 0 Å². The van der Waals surface area contributed by atoms with Gasteiger partial charge in [-0.2, -0.15) is 0 Å². The third-order valence-electron chi connectivity index (χ3n) is 3.76. The number of unbranched alkanes of at least 4 members (excludes halogenated alkanes) is 3. The quantitative estimate of drug-likeness (QED) is 0.388. The predicted molar refractivity (Wildman–Crippen MR) is 97.3 cm³/mol. The lowest BCUT2D eigenvalue weighted by Crippen LogP contribution is -1.97. The highest BCUT2D eigenvalue weighted by Crippen LogP contribution is 2.14. The monoisotopic (exact) mass is 342 g/mol. The van der Waals surface area contributed by atoms with E-state index in [1.807, 2.05) is 24.3 Å². The van der Waals surface area contributed by atoms with Crippen LogP contribution in [-0.4, -0.2) is 24.1 Å². The largest absolute Gasteiger partial charge is 0.494 e. The second-order valence-electron chi connectivity index (χ2n) is 5.76. The van der Waals surface area contributed by atoms with Gasteiger partial charge in [0.05, 0.1) is 6.61 Å². The van der Waals surface area contributed by atoms with Crippen LogP contribution in [0.25, 0.3) is 6.08 Å². The second-order valence-corrected chi connectivity index (χ2v) is 5.76. The molecule has 0 aliphatic rings. The van der Waals surface area contributed by atoms with Gasteiger partial charge in [-0.3, -0.25) is 4.79 Å². The topological polar surface area (TPSA) is 46.5 Å². The zero-order chi connectivity index (χ0) is 17.9. The molecule has 4 heteroatoms. The van der Waals surface area contributed by atoms with Gasteiger partial charge in [-0.15, -0.1) is 0 Å². The molecular formula is C21H23FO3. The Morgan fingerprint density at radius 1 is 0.960 bits per heavy atom. The molecule has 25 heavy (non-hydrogen) atoms. The molecule has 0 bridgehead atoms. The Hall–Kier alpha value is -2.46. The number of allylic oxidation sites excluding steroid dienone is 1. The Kier molecular flexibility index (Phi) is 7.86. The van der Waals surface area contributed by atoms with Crippen LogP contribution in [-0.2, 0) is 0 Å². The van der Waals surface area contributed by atoms with Crippen molar-refractivity contribution in [2.75, 3.05) is 13.2 Å². The molecule has 2 aromatic rings. The zero-order valence-electron chi connectivity index (χ0n) is 14.2. The average molecular weight is 342 g/mol. The van der Waals surface area contributed by atoms with Gasteiger partial charge in [0.1, 0.15) is 11.6 Å². The Bertz CT molecular complexity index is 675. The number of aliphatic hydroxyl groups is 1. The van der Waals surface area contributed by atoms with Crippen LogP contribution in [0.4, 0.5) is 4.39 Å². The fraction of sp³-hybridized carbons (Fsp3) is 0.286. The molecule has 0 aromatic heterocycles. The highest BCUT2D eigenvalue weighted by Gasteiger charge is 2.01. The smallest absolute Gasteiger partial charge is 0.185 e. The zero-order valence-corrected chi connectivity index (χ0v) is 14.2. The second kappa shape index (κ2) is 10.4. The molecule has 2 aromatic carbocycles. The number of benzene rings is 2. The number of halogens is 1. The van der Waals surface area contributed by atoms with Crippen LogP contribution in [0.5, 0.6) is 5.75 Å². The van der Waals surface area contributed by atoms with E-state index in [1.54, 1.807) is 6.08 Å². The number of carbonyl (C=O) groups excluding carboxylic acids is 1. The molecule has 1 N–H and O–H groups in total. The molecule has 0 fully saturated rings. The van der Waals surface area contributed by atoms with Crippen LogP contribution in [0.15, 0.2) is 54.6 Å². The van der Waals surface area contributed by atoms with Crippen LogP contribution < -0.4 is 4.74 Å². The summed E-state index contributed by atoms with van der Waals surface area (Å²) in [7, 11) is 0. The van der Waals surface area contributed by atoms with Crippen molar-refractivity contribution in [3.8, 4) is 5.75 Å². The first-order valence-electron chi connectivity index (χ1n) is 8.51. The summed E-state index contributed by atoms with van der Waals surface area (Å²) < 4.78 is 18.5. The summed E-state index contributed by atoms with van der Waals surface area (Å²) in [4.78, 5) is 12.0. The minimum absolute atomic E-state index is 0.164. The molecule has 2 rings (SSSR count). The number of hydrogen-bond donors (Lipinski definition) is 1. The SMILES string of the molecule is O=C(/C=C/c1ccc(OCCCCCCO)cc1)c1ccc(F)cc1. The molecule has 0 unspecified atom stereocenters. The fourth-order valence-electron chi connectivity index (χ4n) is 2.31. The van der Waals surface area contributed by atoms with E-state index in [-0.39, 0.29) is 18.2 Å². The van der Waals surface area contributed by atoms with Crippen molar-refractivity contribution in [3.05, 3.63) is 71.6 Å². The van der Waals surface area contributed by atoms with Gasteiger partial charge < -0.3 is 9.84 Å². The van der Waals surface area contributed by atoms with Crippen molar-refractivity contribution in [2.45, 2.75) is 25.7 Å². The summed E-state index contributed by atoms with van der Waals surface area (Å²) in [6.07, 6.45) is 7.08. The molecule has 3 nitrogen and oxygen atoms in total. The van der Waals surface area contributed by atoms with E-state index >= 15 is 0 Å². The first-order valence-corrected chi connectivity index (χ1v) is 8.51. The van der Waals surface area contributed by atoms with Gasteiger partial charge in [-0.25, -0.2) is 4.39 Å². The van der Waals surface area contributed by atoms with E-state index in [2.05, 4.69) is 0 Å². The van der Waals surface area contributed by atoms with E-state index in [0.29, 0.717) is 12.2 Å². The van der Waals surface area contributed by atoms with Crippen molar-refractivity contribution >= 4 is 11.9 Å². The van der Waals surface area contributed by atoms with Gasteiger partial charge in [-0.1, -0.05) is 24.6 Å². The Balaban J connectivity index is 1.79. The highest BCUT2D eigenvalue weighted by molar-refractivity contribution is 6.06. The Labute approximate surface area is 147 Å². The van der Waals surface area contributed by atoms with Crippen LogP contribution >= 0.6 is 0 Å². The molecule has 0 heterocycles. The number of hydrogen-bond acceptors (Lipinski definition) is 3.